The Morgan fingerprint density at radius 2 is 1.87 bits per heavy atom. The van der Waals surface area contributed by atoms with E-state index >= 15 is 0 Å². The quantitative estimate of drug-likeness (QED) is 0.556. The van der Waals surface area contributed by atoms with Crippen molar-refractivity contribution < 1.29 is 19.1 Å². The highest BCUT2D eigenvalue weighted by atomic mass is 32.2. The molecule has 0 unspecified atom stereocenters. The Kier molecular flexibility index (Phi) is 6.43. The van der Waals surface area contributed by atoms with E-state index in [1.807, 2.05) is 40.9 Å². The van der Waals surface area contributed by atoms with Gasteiger partial charge in [-0.3, -0.25) is 9.59 Å². The second kappa shape index (κ2) is 9.40. The van der Waals surface area contributed by atoms with E-state index in [1.54, 1.807) is 42.6 Å². The van der Waals surface area contributed by atoms with Crippen LogP contribution in [0.15, 0.2) is 48.8 Å². The molecule has 1 aromatic carbocycles. The number of fused-ring (bicyclic) bond motifs is 1. The van der Waals surface area contributed by atoms with Crippen LogP contribution in [0.25, 0.3) is 5.00 Å². The second-order valence-electron chi connectivity index (χ2n) is 6.86. The van der Waals surface area contributed by atoms with Gasteiger partial charge in [-0.1, -0.05) is 0 Å². The zero-order valence-corrected chi connectivity index (χ0v) is 18.5. The van der Waals surface area contributed by atoms with Gasteiger partial charge in [-0.25, -0.2) is 4.79 Å². The maximum Gasteiger partial charge on any atom is 0.341 e. The van der Waals surface area contributed by atoms with Gasteiger partial charge >= 0.3 is 5.97 Å². The standard InChI is InChI=1S/C22H21N3O4S2/c1-23-20(27)14-4-6-15(7-5-14)24-18(26)12-29-22(28)19-16-8-11-30-13-17(16)31-21(19)25-9-2-3-10-25/h2-7,9-10H,8,11-13H2,1H3,(H,23,27)(H,24,26). The number of nitrogens with one attached hydrogen (secondary N) is 2. The van der Waals surface area contributed by atoms with E-state index in [1.165, 1.54) is 4.88 Å². The molecular weight excluding hydrogens is 434 g/mol. The molecule has 0 atom stereocenters. The Balaban J connectivity index is 1.44. The Morgan fingerprint density at radius 1 is 1.13 bits per heavy atom. The predicted molar refractivity (Wildman–Crippen MR) is 122 cm³/mol. The van der Waals surface area contributed by atoms with Gasteiger partial charge in [-0.05, 0) is 54.1 Å². The lowest BCUT2D eigenvalue weighted by Crippen LogP contribution is -2.22. The van der Waals surface area contributed by atoms with E-state index in [2.05, 4.69) is 10.6 Å². The SMILES string of the molecule is CNC(=O)c1ccc(NC(=O)COC(=O)c2c(-n3cccc3)sc3c2CCSC3)cc1. The molecule has 0 fully saturated rings. The van der Waals surface area contributed by atoms with E-state index < -0.39 is 11.9 Å². The van der Waals surface area contributed by atoms with Crippen LogP contribution in [-0.2, 0) is 21.7 Å². The number of esters is 1. The smallest absolute Gasteiger partial charge is 0.341 e. The molecule has 0 saturated carbocycles. The Hall–Kier alpha value is -3.04. The molecule has 2 N–H and O–H groups in total. The molecule has 31 heavy (non-hydrogen) atoms. The average Bonchev–Trinajstić information content (AvgIpc) is 3.45. The lowest BCUT2D eigenvalue weighted by atomic mass is 10.1. The number of aromatic nitrogens is 1. The van der Waals surface area contributed by atoms with Gasteiger partial charge < -0.3 is 19.9 Å². The van der Waals surface area contributed by atoms with Gasteiger partial charge in [0.05, 0.1) is 5.56 Å². The topological polar surface area (TPSA) is 89.4 Å². The number of carbonyl (C=O) groups excluding carboxylic acids is 3. The van der Waals surface area contributed by atoms with Crippen molar-refractivity contribution in [2.24, 2.45) is 0 Å². The summed E-state index contributed by atoms with van der Waals surface area (Å²) >= 11 is 3.45. The monoisotopic (exact) mass is 455 g/mol. The van der Waals surface area contributed by atoms with Crippen LogP contribution in [0.3, 0.4) is 0 Å². The molecule has 7 nitrogen and oxygen atoms in total. The number of rotatable bonds is 6. The lowest BCUT2D eigenvalue weighted by molar-refractivity contribution is -0.119. The van der Waals surface area contributed by atoms with E-state index in [4.69, 9.17) is 4.74 Å². The fourth-order valence-electron chi connectivity index (χ4n) is 3.33. The number of carbonyl (C=O) groups is 3. The first-order chi connectivity index (χ1) is 15.1. The number of nitrogens with zero attached hydrogens (tertiary/aromatic N) is 1. The molecule has 0 bridgehead atoms. The molecule has 0 saturated heterocycles. The Labute approximate surface area is 187 Å². The zero-order valence-electron chi connectivity index (χ0n) is 16.8. The maximum absolute atomic E-state index is 12.9. The highest BCUT2D eigenvalue weighted by Gasteiger charge is 2.27. The van der Waals surface area contributed by atoms with Crippen LogP contribution in [0.4, 0.5) is 5.69 Å². The summed E-state index contributed by atoms with van der Waals surface area (Å²) in [7, 11) is 1.55. The number of hydrogen-bond acceptors (Lipinski definition) is 6. The van der Waals surface area contributed by atoms with Gasteiger partial charge in [0.25, 0.3) is 11.8 Å². The van der Waals surface area contributed by atoms with Gasteiger partial charge in [-0.15, -0.1) is 11.3 Å². The number of hydrogen-bond donors (Lipinski definition) is 2. The number of amides is 2. The van der Waals surface area contributed by atoms with Gasteiger partial charge in [0.15, 0.2) is 6.61 Å². The van der Waals surface area contributed by atoms with Crippen LogP contribution >= 0.6 is 23.1 Å². The lowest BCUT2D eigenvalue weighted by Gasteiger charge is -2.13. The zero-order chi connectivity index (χ0) is 21.8. The normalized spacial score (nSPS) is 12.7. The number of ether oxygens (including phenoxy) is 1. The van der Waals surface area contributed by atoms with Crippen molar-refractivity contribution in [2.75, 3.05) is 24.7 Å². The highest BCUT2D eigenvalue weighted by molar-refractivity contribution is 7.98. The first-order valence-corrected chi connectivity index (χ1v) is 11.7. The summed E-state index contributed by atoms with van der Waals surface area (Å²) < 4.78 is 7.29. The van der Waals surface area contributed by atoms with Crippen LogP contribution < -0.4 is 10.6 Å². The van der Waals surface area contributed by atoms with Gasteiger partial charge in [0.1, 0.15) is 5.00 Å². The van der Waals surface area contributed by atoms with Crippen molar-refractivity contribution >= 4 is 46.6 Å². The minimum absolute atomic E-state index is 0.206. The molecule has 9 heteroatoms. The molecule has 1 aliphatic rings. The summed E-state index contributed by atoms with van der Waals surface area (Å²) in [4.78, 5) is 38.0. The molecule has 4 rings (SSSR count). The highest BCUT2D eigenvalue weighted by Crippen LogP contribution is 2.38. The van der Waals surface area contributed by atoms with Crippen LogP contribution in [0.2, 0.25) is 0 Å². The third-order valence-electron chi connectivity index (χ3n) is 4.84. The fraction of sp³-hybridized carbons (Fsp3) is 0.227. The van der Waals surface area contributed by atoms with Crippen molar-refractivity contribution in [1.29, 1.82) is 0 Å². The van der Waals surface area contributed by atoms with Gasteiger partial charge in [-0.2, -0.15) is 11.8 Å². The number of thioether (sulfide) groups is 1. The summed E-state index contributed by atoms with van der Waals surface area (Å²) in [5, 5.41) is 6.04. The fourth-order valence-corrected chi connectivity index (χ4v) is 5.76. The van der Waals surface area contributed by atoms with Crippen molar-refractivity contribution in [3.8, 4) is 5.00 Å². The molecule has 0 radical (unpaired) electrons. The predicted octanol–water partition coefficient (Wildman–Crippen LogP) is 3.48. The Bertz CT molecular complexity index is 1100. The number of thiophene rings is 1. The molecular formula is C22H21N3O4S2. The minimum Gasteiger partial charge on any atom is -0.452 e. The van der Waals surface area contributed by atoms with Crippen molar-refractivity contribution in [3.05, 3.63) is 70.4 Å². The first-order valence-electron chi connectivity index (χ1n) is 9.71. The van der Waals surface area contributed by atoms with Gasteiger partial charge in [0.2, 0.25) is 0 Å². The maximum atomic E-state index is 12.9. The van der Waals surface area contributed by atoms with Gasteiger partial charge in [0, 0.05) is 41.3 Å². The summed E-state index contributed by atoms with van der Waals surface area (Å²) in [6.07, 6.45) is 4.61. The Morgan fingerprint density at radius 3 is 2.58 bits per heavy atom. The van der Waals surface area contributed by atoms with Crippen LogP contribution in [0.5, 0.6) is 0 Å². The largest absolute Gasteiger partial charge is 0.452 e. The molecule has 0 aliphatic carbocycles. The summed E-state index contributed by atoms with van der Waals surface area (Å²) in [5.74, 6) is 0.708. The number of anilines is 1. The average molecular weight is 456 g/mol. The third kappa shape index (κ3) is 4.67. The summed E-state index contributed by atoms with van der Waals surface area (Å²) in [6.45, 7) is -0.388. The van der Waals surface area contributed by atoms with Crippen LogP contribution in [-0.4, -0.2) is 41.8 Å². The summed E-state index contributed by atoms with van der Waals surface area (Å²) in [6, 6.07) is 10.3. The molecule has 3 aromatic rings. The van der Waals surface area contributed by atoms with Crippen molar-refractivity contribution in [2.45, 2.75) is 12.2 Å². The first kappa shape index (κ1) is 21.2. The van der Waals surface area contributed by atoms with Crippen LogP contribution in [0.1, 0.15) is 31.2 Å². The molecule has 3 heterocycles. The van der Waals surface area contributed by atoms with E-state index in [9.17, 15) is 14.4 Å². The van der Waals surface area contributed by atoms with E-state index in [0.29, 0.717) is 16.8 Å². The van der Waals surface area contributed by atoms with Crippen molar-refractivity contribution in [3.63, 3.8) is 0 Å². The molecule has 0 spiro atoms. The third-order valence-corrected chi connectivity index (χ3v) is 7.25. The second-order valence-corrected chi connectivity index (χ2v) is 9.05. The molecule has 2 amide bonds. The van der Waals surface area contributed by atoms with E-state index in [0.717, 1.165) is 28.5 Å². The molecule has 1 aliphatic heterocycles. The molecule has 2 aromatic heterocycles. The summed E-state index contributed by atoms with van der Waals surface area (Å²) in [5.41, 5.74) is 2.60. The number of benzene rings is 1. The van der Waals surface area contributed by atoms with E-state index in [-0.39, 0.29) is 12.5 Å². The molecule has 160 valence electrons. The van der Waals surface area contributed by atoms with Crippen molar-refractivity contribution in [1.82, 2.24) is 9.88 Å². The van der Waals surface area contributed by atoms with Crippen LogP contribution in [0, 0.1) is 0 Å². The minimum atomic E-state index is -0.488.